The van der Waals surface area contributed by atoms with Gasteiger partial charge in [0.25, 0.3) is 0 Å². The van der Waals surface area contributed by atoms with Crippen LogP contribution in [0.5, 0.6) is 0 Å². The molecule has 2 nitrogen and oxygen atoms in total. The molecule has 2 rings (SSSR count). The van der Waals surface area contributed by atoms with Gasteiger partial charge in [-0.3, -0.25) is 4.79 Å². The van der Waals surface area contributed by atoms with Crippen molar-refractivity contribution in [3.05, 3.63) is 36.0 Å². The molecular weight excluding hydrogens is 242 g/mol. The Morgan fingerprint density at radius 1 is 1.36 bits per heavy atom. The van der Waals surface area contributed by atoms with Gasteiger partial charge in [0.1, 0.15) is 0 Å². The highest BCUT2D eigenvalue weighted by Crippen LogP contribution is 2.19. The van der Waals surface area contributed by atoms with Crippen LogP contribution in [0.15, 0.2) is 30.5 Å². The molecular formula is C11H10BrNO. The maximum absolute atomic E-state index is 10.8. The van der Waals surface area contributed by atoms with E-state index >= 15 is 0 Å². The van der Waals surface area contributed by atoms with Crippen molar-refractivity contribution in [3.63, 3.8) is 0 Å². The zero-order chi connectivity index (χ0) is 9.97. The van der Waals surface area contributed by atoms with Crippen molar-refractivity contribution >= 4 is 33.1 Å². The minimum atomic E-state index is 0.765. The first kappa shape index (κ1) is 9.46. The van der Waals surface area contributed by atoms with E-state index in [9.17, 15) is 4.79 Å². The molecule has 0 aliphatic carbocycles. The summed E-state index contributed by atoms with van der Waals surface area (Å²) in [5, 5.41) is 1.92. The Balaban J connectivity index is 2.66. The van der Waals surface area contributed by atoms with Gasteiger partial charge in [-0.1, -0.05) is 34.1 Å². The van der Waals surface area contributed by atoms with Gasteiger partial charge < -0.3 is 4.57 Å². The number of benzene rings is 1. The number of aldehydes is 1. The quantitative estimate of drug-likeness (QED) is 0.608. The predicted octanol–water partition coefficient (Wildman–Crippen LogP) is 2.85. The minimum absolute atomic E-state index is 0.765. The molecule has 0 saturated heterocycles. The zero-order valence-electron chi connectivity index (χ0n) is 7.61. The smallest absolute Gasteiger partial charge is 0.152 e. The third-order valence-corrected chi connectivity index (χ3v) is 2.63. The summed E-state index contributed by atoms with van der Waals surface area (Å²) in [5.41, 5.74) is 1.88. The van der Waals surface area contributed by atoms with Crippen LogP contribution in [0, 0.1) is 0 Å². The highest BCUT2D eigenvalue weighted by Gasteiger charge is 2.05. The van der Waals surface area contributed by atoms with Crippen LogP contribution in [-0.2, 0) is 6.54 Å². The second-order valence-electron chi connectivity index (χ2n) is 3.10. The third-order valence-electron chi connectivity index (χ3n) is 2.27. The van der Waals surface area contributed by atoms with Crippen LogP contribution in [0.25, 0.3) is 10.9 Å². The Kier molecular flexibility index (Phi) is 2.68. The van der Waals surface area contributed by atoms with Crippen LogP contribution in [0.1, 0.15) is 10.4 Å². The van der Waals surface area contributed by atoms with Gasteiger partial charge in [0.2, 0.25) is 0 Å². The monoisotopic (exact) mass is 251 g/mol. The molecule has 0 bridgehead atoms. The Labute approximate surface area is 90.7 Å². The van der Waals surface area contributed by atoms with E-state index in [1.807, 2.05) is 30.5 Å². The fourth-order valence-corrected chi connectivity index (χ4v) is 2.03. The molecule has 0 atom stereocenters. The van der Waals surface area contributed by atoms with Gasteiger partial charge in [0.05, 0.1) is 0 Å². The number of hydrogen-bond donors (Lipinski definition) is 0. The number of aromatic nitrogens is 1. The lowest BCUT2D eigenvalue weighted by atomic mass is 10.2. The lowest BCUT2D eigenvalue weighted by molar-refractivity contribution is 0.112. The predicted molar refractivity (Wildman–Crippen MR) is 61.1 cm³/mol. The Morgan fingerprint density at radius 3 is 2.86 bits per heavy atom. The first-order valence-corrected chi connectivity index (χ1v) is 5.58. The SMILES string of the molecule is O=Cc1cn(CCBr)c2ccccc12. The van der Waals surface area contributed by atoms with Gasteiger partial charge in [-0.25, -0.2) is 0 Å². The molecule has 1 heterocycles. The number of rotatable bonds is 3. The Morgan fingerprint density at radius 2 is 2.14 bits per heavy atom. The van der Waals surface area contributed by atoms with Crippen molar-refractivity contribution in [1.82, 2.24) is 4.57 Å². The first-order valence-electron chi connectivity index (χ1n) is 4.46. The number of hydrogen-bond acceptors (Lipinski definition) is 1. The van der Waals surface area contributed by atoms with Gasteiger partial charge in [-0.2, -0.15) is 0 Å². The van der Waals surface area contributed by atoms with Crippen LogP contribution >= 0.6 is 15.9 Å². The number of para-hydroxylation sites is 1. The van der Waals surface area contributed by atoms with Gasteiger partial charge in [0, 0.05) is 34.5 Å². The lowest BCUT2D eigenvalue weighted by Gasteiger charge is -2.00. The summed E-state index contributed by atoms with van der Waals surface area (Å²) in [7, 11) is 0. The highest BCUT2D eigenvalue weighted by molar-refractivity contribution is 9.09. The van der Waals surface area contributed by atoms with E-state index in [-0.39, 0.29) is 0 Å². The fraction of sp³-hybridized carbons (Fsp3) is 0.182. The highest BCUT2D eigenvalue weighted by atomic mass is 79.9. The van der Waals surface area contributed by atoms with Crippen LogP contribution in [0.2, 0.25) is 0 Å². The van der Waals surface area contributed by atoms with Gasteiger partial charge in [-0.15, -0.1) is 0 Å². The van der Waals surface area contributed by atoms with Crippen LogP contribution in [0.4, 0.5) is 0 Å². The number of carbonyl (C=O) groups excluding carboxylic acids is 1. The van der Waals surface area contributed by atoms with E-state index in [1.54, 1.807) is 0 Å². The molecule has 1 aromatic carbocycles. The van der Waals surface area contributed by atoms with Crippen LogP contribution < -0.4 is 0 Å². The summed E-state index contributed by atoms with van der Waals surface area (Å²) in [4.78, 5) is 10.8. The number of carbonyl (C=O) groups is 1. The second kappa shape index (κ2) is 3.96. The molecule has 0 aliphatic heterocycles. The average Bonchev–Trinajstić information content (AvgIpc) is 2.58. The van der Waals surface area contributed by atoms with E-state index in [0.29, 0.717) is 0 Å². The lowest BCUT2D eigenvalue weighted by Crippen LogP contribution is -1.95. The van der Waals surface area contributed by atoms with E-state index in [2.05, 4.69) is 20.5 Å². The van der Waals surface area contributed by atoms with E-state index in [1.165, 1.54) is 0 Å². The van der Waals surface area contributed by atoms with Crippen molar-refractivity contribution in [2.24, 2.45) is 0 Å². The van der Waals surface area contributed by atoms with Crippen molar-refractivity contribution in [1.29, 1.82) is 0 Å². The molecule has 0 amide bonds. The molecule has 0 saturated carbocycles. The zero-order valence-corrected chi connectivity index (χ0v) is 9.20. The Hall–Kier alpha value is -1.09. The number of nitrogens with zero attached hydrogens (tertiary/aromatic N) is 1. The summed E-state index contributed by atoms with van der Waals surface area (Å²) in [5.74, 6) is 0. The molecule has 0 radical (unpaired) electrons. The van der Waals surface area contributed by atoms with E-state index < -0.39 is 0 Å². The van der Waals surface area contributed by atoms with Crippen LogP contribution in [0.3, 0.4) is 0 Å². The molecule has 2 aromatic rings. The molecule has 0 spiro atoms. The van der Waals surface area contributed by atoms with E-state index in [4.69, 9.17) is 0 Å². The summed E-state index contributed by atoms with van der Waals surface area (Å²) in [6.07, 6.45) is 2.81. The molecule has 0 fully saturated rings. The molecule has 3 heteroatoms. The van der Waals surface area contributed by atoms with Gasteiger partial charge >= 0.3 is 0 Å². The van der Waals surface area contributed by atoms with Crippen molar-refractivity contribution in [2.45, 2.75) is 6.54 Å². The van der Waals surface area contributed by atoms with Crippen molar-refractivity contribution in [3.8, 4) is 0 Å². The number of fused-ring (bicyclic) bond motifs is 1. The maximum Gasteiger partial charge on any atom is 0.152 e. The number of halogens is 1. The summed E-state index contributed by atoms with van der Waals surface area (Å²) in [6, 6.07) is 7.95. The number of aryl methyl sites for hydroxylation is 1. The topological polar surface area (TPSA) is 22.0 Å². The summed E-state index contributed by atoms with van der Waals surface area (Å²) >= 11 is 3.39. The van der Waals surface area contributed by atoms with Crippen molar-refractivity contribution in [2.75, 3.05) is 5.33 Å². The first-order chi connectivity index (χ1) is 6.86. The van der Waals surface area contributed by atoms with Crippen LogP contribution in [-0.4, -0.2) is 16.2 Å². The standard InChI is InChI=1S/C11H10BrNO/c12-5-6-13-7-9(8-14)10-3-1-2-4-11(10)13/h1-4,7-8H,5-6H2. The van der Waals surface area contributed by atoms with Gasteiger partial charge in [0.15, 0.2) is 6.29 Å². The normalized spacial score (nSPS) is 10.6. The number of alkyl halides is 1. The van der Waals surface area contributed by atoms with E-state index in [0.717, 1.165) is 34.6 Å². The van der Waals surface area contributed by atoms with Gasteiger partial charge in [-0.05, 0) is 6.07 Å². The maximum atomic E-state index is 10.8. The minimum Gasteiger partial charge on any atom is -0.346 e. The fourth-order valence-electron chi connectivity index (χ4n) is 1.65. The molecule has 0 aliphatic rings. The molecule has 0 N–H and O–H groups in total. The largest absolute Gasteiger partial charge is 0.346 e. The Bertz CT molecular complexity index is 461. The average molecular weight is 252 g/mol. The molecule has 72 valence electrons. The third kappa shape index (κ3) is 1.48. The second-order valence-corrected chi connectivity index (χ2v) is 3.89. The summed E-state index contributed by atoms with van der Waals surface area (Å²) < 4.78 is 2.09. The molecule has 0 unspecified atom stereocenters. The molecule has 14 heavy (non-hydrogen) atoms. The summed E-state index contributed by atoms with van der Waals surface area (Å²) in [6.45, 7) is 0.883. The van der Waals surface area contributed by atoms with Crippen molar-refractivity contribution < 1.29 is 4.79 Å². The molecule has 1 aromatic heterocycles.